The molecule has 148 valence electrons. The molecule has 29 heavy (non-hydrogen) atoms. The standard InChI is InChI=1S/C23H24N4O2/c1-17(18-8-4-2-5-9-18)15-24-21(28)16-26-22-14-20(19-10-6-3-7-11-19)25-27(22)13-12-23(26)29/h2-11,14,17H,12-13,15-16H2,1H3,(H,24,28)/t17-/m1/s1. The summed E-state index contributed by atoms with van der Waals surface area (Å²) >= 11 is 0. The molecule has 0 spiro atoms. The van der Waals surface area contributed by atoms with Crippen LogP contribution in [0.3, 0.4) is 0 Å². The van der Waals surface area contributed by atoms with Crippen molar-refractivity contribution in [2.75, 3.05) is 18.0 Å². The fraction of sp³-hybridized carbons (Fsp3) is 0.261. The van der Waals surface area contributed by atoms with Crippen molar-refractivity contribution in [3.05, 3.63) is 72.3 Å². The molecule has 0 aliphatic carbocycles. The number of anilines is 1. The molecule has 1 N–H and O–H groups in total. The van der Waals surface area contributed by atoms with Gasteiger partial charge in [0.15, 0.2) is 0 Å². The average Bonchev–Trinajstić information content (AvgIpc) is 3.20. The summed E-state index contributed by atoms with van der Waals surface area (Å²) in [5.41, 5.74) is 2.97. The molecule has 3 aromatic rings. The van der Waals surface area contributed by atoms with E-state index in [-0.39, 0.29) is 24.3 Å². The molecule has 6 nitrogen and oxygen atoms in total. The summed E-state index contributed by atoms with van der Waals surface area (Å²) < 4.78 is 1.81. The van der Waals surface area contributed by atoms with Gasteiger partial charge in [-0.1, -0.05) is 67.6 Å². The van der Waals surface area contributed by atoms with Gasteiger partial charge in [0.05, 0.1) is 12.2 Å². The summed E-state index contributed by atoms with van der Waals surface area (Å²) in [5.74, 6) is 0.652. The lowest BCUT2D eigenvalue weighted by Crippen LogP contribution is -2.44. The smallest absolute Gasteiger partial charge is 0.240 e. The summed E-state index contributed by atoms with van der Waals surface area (Å²) in [6.07, 6.45) is 0.344. The number of aryl methyl sites for hydroxylation is 1. The van der Waals surface area contributed by atoms with Gasteiger partial charge in [-0.2, -0.15) is 5.10 Å². The lowest BCUT2D eigenvalue weighted by Gasteiger charge is -2.27. The van der Waals surface area contributed by atoms with E-state index in [0.717, 1.165) is 11.3 Å². The third kappa shape index (κ3) is 4.21. The number of carbonyl (C=O) groups excluding carboxylic acids is 2. The Labute approximate surface area is 170 Å². The maximum Gasteiger partial charge on any atom is 0.240 e. The molecule has 0 radical (unpaired) electrons. The summed E-state index contributed by atoms with van der Waals surface area (Å²) in [7, 11) is 0. The quantitative estimate of drug-likeness (QED) is 0.705. The van der Waals surface area contributed by atoms with Crippen molar-refractivity contribution in [3.8, 4) is 11.3 Å². The SMILES string of the molecule is C[C@H](CNC(=O)CN1C(=O)CCn2nc(-c3ccccc3)cc21)c1ccccc1. The van der Waals surface area contributed by atoms with Crippen LogP contribution in [-0.2, 0) is 16.1 Å². The minimum absolute atomic E-state index is 0.000264. The molecule has 1 aliphatic rings. The van der Waals surface area contributed by atoms with Crippen LogP contribution in [0.25, 0.3) is 11.3 Å². The van der Waals surface area contributed by atoms with Crippen LogP contribution >= 0.6 is 0 Å². The highest BCUT2D eigenvalue weighted by atomic mass is 16.2. The van der Waals surface area contributed by atoms with Crippen molar-refractivity contribution in [2.45, 2.75) is 25.8 Å². The van der Waals surface area contributed by atoms with Crippen molar-refractivity contribution in [1.29, 1.82) is 0 Å². The Morgan fingerprint density at radius 2 is 1.79 bits per heavy atom. The van der Waals surface area contributed by atoms with E-state index < -0.39 is 0 Å². The number of amides is 2. The van der Waals surface area contributed by atoms with Gasteiger partial charge in [-0.05, 0) is 11.5 Å². The lowest BCUT2D eigenvalue weighted by atomic mass is 10.0. The summed E-state index contributed by atoms with van der Waals surface area (Å²) in [4.78, 5) is 26.6. The molecule has 0 unspecified atom stereocenters. The van der Waals surface area contributed by atoms with Gasteiger partial charge in [-0.15, -0.1) is 0 Å². The van der Waals surface area contributed by atoms with E-state index in [1.165, 1.54) is 10.5 Å². The van der Waals surface area contributed by atoms with Gasteiger partial charge >= 0.3 is 0 Å². The van der Waals surface area contributed by atoms with Crippen molar-refractivity contribution in [2.24, 2.45) is 0 Å². The van der Waals surface area contributed by atoms with Crippen molar-refractivity contribution < 1.29 is 9.59 Å². The van der Waals surface area contributed by atoms with Crippen LogP contribution in [0.1, 0.15) is 24.8 Å². The highest BCUT2D eigenvalue weighted by molar-refractivity contribution is 5.99. The number of hydrogen-bond donors (Lipinski definition) is 1. The Bertz CT molecular complexity index is 998. The van der Waals surface area contributed by atoms with Crippen molar-refractivity contribution in [3.63, 3.8) is 0 Å². The minimum atomic E-state index is -0.169. The fourth-order valence-corrected chi connectivity index (χ4v) is 3.54. The monoisotopic (exact) mass is 388 g/mol. The molecule has 4 rings (SSSR count). The zero-order valence-corrected chi connectivity index (χ0v) is 16.4. The molecule has 0 saturated heterocycles. The van der Waals surface area contributed by atoms with Gasteiger partial charge in [-0.3, -0.25) is 14.5 Å². The number of nitrogens with one attached hydrogen (secondary N) is 1. The van der Waals surface area contributed by atoms with E-state index in [4.69, 9.17) is 0 Å². The van der Waals surface area contributed by atoms with Crippen molar-refractivity contribution >= 4 is 17.6 Å². The summed E-state index contributed by atoms with van der Waals surface area (Å²) in [5, 5.41) is 7.57. The first kappa shape index (κ1) is 18.9. The zero-order chi connectivity index (χ0) is 20.2. The number of benzene rings is 2. The Hall–Kier alpha value is -3.41. The van der Waals surface area contributed by atoms with Gasteiger partial charge in [0.25, 0.3) is 0 Å². The second kappa shape index (κ2) is 8.31. The third-order valence-corrected chi connectivity index (χ3v) is 5.22. The molecule has 0 bridgehead atoms. The molecule has 1 atom stereocenters. The van der Waals surface area contributed by atoms with Crippen LogP contribution in [0.4, 0.5) is 5.82 Å². The first-order valence-electron chi connectivity index (χ1n) is 9.87. The first-order valence-corrected chi connectivity index (χ1v) is 9.87. The summed E-state index contributed by atoms with van der Waals surface area (Å²) in [6, 6.07) is 21.8. The van der Waals surface area contributed by atoms with Crippen LogP contribution in [0.2, 0.25) is 0 Å². The normalized spacial score (nSPS) is 14.4. The number of carbonyl (C=O) groups is 2. The van der Waals surface area contributed by atoms with E-state index in [9.17, 15) is 9.59 Å². The molecular formula is C23H24N4O2. The fourth-order valence-electron chi connectivity index (χ4n) is 3.54. The number of hydrogen-bond acceptors (Lipinski definition) is 3. The Morgan fingerprint density at radius 1 is 1.10 bits per heavy atom. The lowest BCUT2D eigenvalue weighted by molar-refractivity contribution is -0.124. The van der Waals surface area contributed by atoms with Crippen molar-refractivity contribution in [1.82, 2.24) is 15.1 Å². The molecule has 6 heteroatoms. The second-order valence-corrected chi connectivity index (χ2v) is 7.32. The Balaban J connectivity index is 1.44. The van der Waals surface area contributed by atoms with Crippen LogP contribution in [-0.4, -0.2) is 34.7 Å². The van der Waals surface area contributed by atoms with E-state index in [1.54, 1.807) is 0 Å². The van der Waals surface area contributed by atoms with Crippen LogP contribution in [0, 0.1) is 0 Å². The maximum absolute atomic E-state index is 12.5. The molecule has 1 aromatic heterocycles. The van der Waals surface area contributed by atoms with Gasteiger partial charge < -0.3 is 5.32 Å². The Morgan fingerprint density at radius 3 is 2.52 bits per heavy atom. The van der Waals surface area contributed by atoms with Gasteiger partial charge in [-0.25, -0.2) is 4.68 Å². The van der Waals surface area contributed by atoms with Crippen LogP contribution in [0.5, 0.6) is 0 Å². The maximum atomic E-state index is 12.5. The van der Waals surface area contributed by atoms with Gasteiger partial charge in [0.2, 0.25) is 11.8 Å². The number of rotatable bonds is 6. The molecule has 0 saturated carbocycles. The predicted molar refractivity (Wildman–Crippen MR) is 112 cm³/mol. The molecule has 0 fully saturated rings. The molecule has 2 aromatic carbocycles. The van der Waals surface area contributed by atoms with E-state index >= 15 is 0 Å². The highest BCUT2D eigenvalue weighted by Gasteiger charge is 2.28. The topological polar surface area (TPSA) is 67.2 Å². The van der Waals surface area contributed by atoms with Crippen LogP contribution in [0.15, 0.2) is 66.7 Å². The average molecular weight is 388 g/mol. The van der Waals surface area contributed by atoms with Crippen LogP contribution < -0.4 is 10.2 Å². The summed E-state index contributed by atoms with van der Waals surface area (Å²) in [6.45, 7) is 3.13. The first-order chi connectivity index (χ1) is 14.1. The number of aromatic nitrogens is 2. The highest BCUT2D eigenvalue weighted by Crippen LogP contribution is 2.27. The number of fused-ring (bicyclic) bond motifs is 1. The third-order valence-electron chi connectivity index (χ3n) is 5.22. The Kier molecular flexibility index (Phi) is 5.42. The van der Waals surface area contributed by atoms with E-state index in [2.05, 4.69) is 29.5 Å². The molecule has 2 heterocycles. The van der Waals surface area contributed by atoms with Gasteiger partial charge in [0, 0.05) is 24.6 Å². The van der Waals surface area contributed by atoms with Gasteiger partial charge in [0.1, 0.15) is 12.4 Å². The molecular weight excluding hydrogens is 364 g/mol. The zero-order valence-electron chi connectivity index (χ0n) is 16.4. The second-order valence-electron chi connectivity index (χ2n) is 7.32. The number of nitrogens with zero attached hydrogens (tertiary/aromatic N) is 3. The predicted octanol–water partition coefficient (Wildman–Crippen LogP) is 3.21. The van der Waals surface area contributed by atoms with E-state index in [0.29, 0.717) is 25.3 Å². The molecule has 2 amide bonds. The minimum Gasteiger partial charge on any atom is -0.354 e. The molecule has 1 aliphatic heterocycles. The van der Waals surface area contributed by atoms with E-state index in [1.807, 2.05) is 59.3 Å². The largest absolute Gasteiger partial charge is 0.354 e.